The van der Waals surface area contributed by atoms with Crippen molar-refractivity contribution in [2.24, 2.45) is 0 Å². The highest BCUT2D eigenvalue weighted by Crippen LogP contribution is 2.30. The van der Waals surface area contributed by atoms with Crippen LogP contribution in [0.4, 0.5) is 5.82 Å². The first-order chi connectivity index (χ1) is 9.25. The number of anilines is 1. The van der Waals surface area contributed by atoms with Gasteiger partial charge in [0.1, 0.15) is 5.82 Å². The second-order valence-corrected chi connectivity index (χ2v) is 5.57. The molecule has 1 aromatic heterocycles. The van der Waals surface area contributed by atoms with Crippen LogP contribution in [0.25, 0.3) is 10.9 Å². The van der Waals surface area contributed by atoms with E-state index in [4.69, 9.17) is 11.6 Å². The van der Waals surface area contributed by atoms with Crippen LogP contribution in [0, 0.1) is 0 Å². The SMILES string of the molecule is CN(c1nc(Cl)nc2ccccc12)C1CCCCC1. The Kier molecular flexibility index (Phi) is 3.56. The average Bonchev–Trinajstić information content (AvgIpc) is 2.46. The molecule has 2 aromatic rings. The number of rotatable bonds is 2. The van der Waals surface area contributed by atoms with Crippen molar-refractivity contribution in [3.63, 3.8) is 0 Å². The summed E-state index contributed by atoms with van der Waals surface area (Å²) in [6.07, 6.45) is 6.46. The lowest BCUT2D eigenvalue weighted by atomic mass is 9.94. The normalized spacial score (nSPS) is 16.7. The molecule has 0 bridgehead atoms. The Labute approximate surface area is 118 Å². The van der Waals surface area contributed by atoms with Crippen LogP contribution in [-0.4, -0.2) is 23.1 Å². The predicted molar refractivity (Wildman–Crippen MR) is 79.8 cm³/mol. The molecule has 0 aliphatic heterocycles. The van der Waals surface area contributed by atoms with Gasteiger partial charge in [-0.3, -0.25) is 0 Å². The van der Waals surface area contributed by atoms with Crippen LogP contribution in [0.15, 0.2) is 24.3 Å². The highest BCUT2D eigenvalue weighted by atomic mass is 35.5. The Hall–Kier alpha value is -1.35. The molecule has 0 N–H and O–H groups in total. The molecular weight excluding hydrogens is 258 g/mol. The summed E-state index contributed by atoms with van der Waals surface area (Å²) in [6, 6.07) is 8.64. The molecule has 1 aliphatic carbocycles. The third-order valence-electron chi connectivity index (χ3n) is 4.01. The minimum atomic E-state index is 0.330. The number of para-hydroxylation sites is 1. The van der Waals surface area contributed by atoms with Crippen molar-refractivity contribution in [1.29, 1.82) is 0 Å². The van der Waals surface area contributed by atoms with Crippen molar-refractivity contribution in [2.45, 2.75) is 38.1 Å². The van der Waals surface area contributed by atoms with Gasteiger partial charge in [-0.05, 0) is 36.6 Å². The van der Waals surface area contributed by atoms with E-state index in [9.17, 15) is 0 Å². The molecular formula is C15H18ClN3. The first-order valence-electron chi connectivity index (χ1n) is 6.91. The van der Waals surface area contributed by atoms with E-state index < -0.39 is 0 Å². The fraction of sp³-hybridized carbons (Fsp3) is 0.467. The molecule has 0 radical (unpaired) electrons. The quantitative estimate of drug-likeness (QED) is 0.774. The summed E-state index contributed by atoms with van der Waals surface area (Å²) < 4.78 is 0. The molecule has 1 aliphatic rings. The Morgan fingerprint density at radius 2 is 1.84 bits per heavy atom. The molecule has 0 saturated heterocycles. The molecule has 0 unspecified atom stereocenters. The summed E-state index contributed by atoms with van der Waals surface area (Å²) in [7, 11) is 2.13. The zero-order chi connectivity index (χ0) is 13.2. The van der Waals surface area contributed by atoms with Gasteiger partial charge in [0.2, 0.25) is 5.28 Å². The van der Waals surface area contributed by atoms with Crippen LogP contribution < -0.4 is 4.90 Å². The van der Waals surface area contributed by atoms with E-state index in [0.717, 1.165) is 16.7 Å². The first-order valence-corrected chi connectivity index (χ1v) is 7.28. The zero-order valence-corrected chi connectivity index (χ0v) is 11.9. The lowest BCUT2D eigenvalue weighted by molar-refractivity contribution is 0.426. The molecule has 4 heteroatoms. The number of aromatic nitrogens is 2. The summed E-state index contributed by atoms with van der Waals surface area (Å²) in [5.41, 5.74) is 0.917. The second-order valence-electron chi connectivity index (χ2n) is 5.24. The van der Waals surface area contributed by atoms with E-state index in [2.05, 4.69) is 28.0 Å². The number of fused-ring (bicyclic) bond motifs is 1. The van der Waals surface area contributed by atoms with E-state index in [-0.39, 0.29) is 0 Å². The van der Waals surface area contributed by atoms with Gasteiger partial charge >= 0.3 is 0 Å². The first kappa shape index (κ1) is 12.7. The third-order valence-corrected chi connectivity index (χ3v) is 4.18. The van der Waals surface area contributed by atoms with E-state index in [0.29, 0.717) is 11.3 Å². The fourth-order valence-electron chi connectivity index (χ4n) is 2.94. The van der Waals surface area contributed by atoms with Gasteiger partial charge in [-0.15, -0.1) is 0 Å². The number of nitrogens with zero attached hydrogens (tertiary/aromatic N) is 3. The van der Waals surface area contributed by atoms with Gasteiger partial charge in [-0.2, -0.15) is 4.98 Å². The van der Waals surface area contributed by atoms with Gasteiger partial charge in [0.05, 0.1) is 5.52 Å². The number of hydrogen-bond donors (Lipinski definition) is 0. The molecule has 1 aromatic carbocycles. The molecule has 0 spiro atoms. The van der Waals surface area contributed by atoms with Gasteiger partial charge in [0.25, 0.3) is 0 Å². The van der Waals surface area contributed by atoms with Crippen molar-refractivity contribution < 1.29 is 0 Å². The maximum absolute atomic E-state index is 6.06. The van der Waals surface area contributed by atoms with Gasteiger partial charge < -0.3 is 4.90 Å². The monoisotopic (exact) mass is 275 g/mol. The summed E-state index contributed by atoms with van der Waals surface area (Å²) in [5.74, 6) is 0.961. The maximum Gasteiger partial charge on any atom is 0.224 e. The zero-order valence-electron chi connectivity index (χ0n) is 11.1. The summed E-state index contributed by atoms with van der Waals surface area (Å²) in [4.78, 5) is 11.0. The minimum absolute atomic E-state index is 0.330. The Morgan fingerprint density at radius 1 is 1.11 bits per heavy atom. The van der Waals surface area contributed by atoms with E-state index in [1.54, 1.807) is 0 Å². The molecule has 0 atom stereocenters. The second kappa shape index (κ2) is 5.33. The molecule has 19 heavy (non-hydrogen) atoms. The Balaban J connectivity index is 2.03. The molecule has 1 heterocycles. The van der Waals surface area contributed by atoms with Crippen LogP contribution in [0.2, 0.25) is 5.28 Å². The third kappa shape index (κ3) is 2.52. The van der Waals surface area contributed by atoms with Gasteiger partial charge in [-0.25, -0.2) is 4.98 Å². The van der Waals surface area contributed by atoms with Crippen LogP contribution >= 0.6 is 11.6 Å². The molecule has 1 fully saturated rings. The standard InChI is InChI=1S/C15H18ClN3/c1-19(11-7-3-2-4-8-11)14-12-9-5-6-10-13(12)17-15(16)18-14/h5-6,9-11H,2-4,7-8H2,1H3. The van der Waals surface area contributed by atoms with Crippen molar-refractivity contribution >= 4 is 28.3 Å². The van der Waals surface area contributed by atoms with Gasteiger partial charge in [0, 0.05) is 18.5 Å². The lowest BCUT2D eigenvalue weighted by Gasteiger charge is -2.32. The number of halogens is 1. The topological polar surface area (TPSA) is 29.0 Å². The fourth-order valence-corrected chi connectivity index (χ4v) is 3.11. The largest absolute Gasteiger partial charge is 0.356 e. The van der Waals surface area contributed by atoms with Crippen LogP contribution in [0.3, 0.4) is 0 Å². The van der Waals surface area contributed by atoms with Crippen molar-refractivity contribution in [1.82, 2.24) is 9.97 Å². The van der Waals surface area contributed by atoms with Crippen molar-refractivity contribution in [2.75, 3.05) is 11.9 Å². The smallest absolute Gasteiger partial charge is 0.224 e. The summed E-state index contributed by atoms with van der Waals surface area (Å²) in [6.45, 7) is 0. The molecule has 3 nitrogen and oxygen atoms in total. The lowest BCUT2D eigenvalue weighted by Crippen LogP contribution is -2.34. The van der Waals surface area contributed by atoms with Crippen LogP contribution in [-0.2, 0) is 0 Å². The van der Waals surface area contributed by atoms with E-state index >= 15 is 0 Å². The Bertz CT molecular complexity index is 579. The van der Waals surface area contributed by atoms with Gasteiger partial charge in [-0.1, -0.05) is 31.4 Å². The molecule has 1 saturated carbocycles. The molecule has 100 valence electrons. The van der Waals surface area contributed by atoms with Crippen LogP contribution in [0.1, 0.15) is 32.1 Å². The highest BCUT2D eigenvalue weighted by Gasteiger charge is 2.21. The van der Waals surface area contributed by atoms with E-state index in [1.807, 2.05) is 18.2 Å². The summed E-state index contributed by atoms with van der Waals surface area (Å²) >= 11 is 6.06. The number of hydrogen-bond acceptors (Lipinski definition) is 3. The molecule has 3 rings (SSSR count). The van der Waals surface area contributed by atoms with Gasteiger partial charge in [0.15, 0.2) is 0 Å². The average molecular weight is 276 g/mol. The predicted octanol–water partition coefficient (Wildman–Crippen LogP) is 4.05. The molecule has 0 amide bonds. The maximum atomic E-state index is 6.06. The van der Waals surface area contributed by atoms with Crippen molar-refractivity contribution in [3.05, 3.63) is 29.5 Å². The van der Waals surface area contributed by atoms with E-state index in [1.165, 1.54) is 32.1 Å². The van der Waals surface area contributed by atoms with Crippen LogP contribution in [0.5, 0.6) is 0 Å². The summed E-state index contributed by atoms with van der Waals surface area (Å²) in [5, 5.41) is 1.41. The Morgan fingerprint density at radius 3 is 2.63 bits per heavy atom. The van der Waals surface area contributed by atoms with Crippen molar-refractivity contribution in [3.8, 4) is 0 Å². The number of benzene rings is 1. The highest BCUT2D eigenvalue weighted by molar-refractivity contribution is 6.28. The minimum Gasteiger partial charge on any atom is -0.356 e.